The maximum absolute atomic E-state index is 13.6. The molecule has 0 aromatic carbocycles. The van der Waals surface area contributed by atoms with E-state index in [1.807, 2.05) is 13.8 Å². The molecule has 0 atom stereocenters. The molecule has 8 nitrogen and oxygen atoms in total. The van der Waals surface area contributed by atoms with E-state index in [0.29, 0.717) is 34.8 Å². The summed E-state index contributed by atoms with van der Waals surface area (Å²) in [6.45, 7) is 3.74. The molecule has 0 radical (unpaired) electrons. The van der Waals surface area contributed by atoms with Gasteiger partial charge in [0.05, 0.1) is 17.1 Å². The standard InChI is InChI=1S/C16H17FN6O2/c1-16(2,5-3-12(24)25)23-11(18)4-6-19-15(23)13-10-7-9(17)8-20-14(10)22-21-13/h4,6-8H,3,5H2,1-2H3,(H3,18,19,20,21,22,24,25)/p+1. The number of fused-ring (bicyclic) bond motifs is 1. The van der Waals surface area contributed by atoms with Gasteiger partial charge in [0.2, 0.25) is 5.82 Å². The zero-order valence-electron chi connectivity index (χ0n) is 13.8. The second-order valence-corrected chi connectivity index (χ2v) is 6.36. The minimum Gasteiger partial charge on any atom is -0.481 e. The van der Waals surface area contributed by atoms with Gasteiger partial charge in [-0.15, -0.1) is 4.98 Å². The van der Waals surface area contributed by atoms with Crippen molar-refractivity contribution in [2.45, 2.75) is 32.2 Å². The summed E-state index contributed by atoms with van der Waals surface area (Å²) >= 11 is 0. The number of aromatic amines is 1. The minimum atomic E-state index is -0.893. The van der Waals surface area contributed by atoms with E-state index in [1.165, 1.54) is 12.3 Å². The van der Waals surface area contributed by atoms with Crippen LogP contribution in [0.4, 0.5) is 10.2 Å². The SMILES string of the molecule is CC(C)(CCC(=O)O)[n+]1c(N)ccnc1-c1[nH]nc2ncc(F)cc12. The van der Waals surface area contributed by atoms with E-state index in [9.17, 15) is 9.18 Å². The molecule has 9 heteroatoms. The van der Waals surface area contributed by atoms with Crippen LogP contribution in [0.3, 0.4) is 0 Å². The van der Waals surface area contributed by atoms with Crippen molar-refractivity contribution in [2.24, 2.45) is 0 Å². The fraction of sp³-hybridized carbons (Fsp3) is 0.312. The Hall–Kier alpha value is -3.10. The maximum Gasteiger partial charge on any atom is 0.303 e. The lowest BCUT2D eigenvalue weighted by Crippen LogP contribution is -2.56. The van der Waals surface area contributed by atoms with Crippen molar-refractivity contribution < 1.29 is 18.9 Å². The van der Waals surface area contributed by atoms with E-state index in [2.05, 4.69) is 20.2 Å². The van der Waals surface area contributed by atoms with Crippen molar-refractivity contribution in [2.75, 3.05) is 5.73 Å². The van der Waals surface area contributed by atoms with Crippen molar-refractivity contribution in [1.29, 1.82) is 0 Å². The van der Waals surface area contributed by atoms with Gasteiger partial charge >= 0.3 is 5.97 Å². The molecule has 0 aliphatic heterocycles. The zero-order chi connectivity index (χ0) is 18.2. The third kappa shape index (κ3) is 3.12. The smallest absolute Gasteiger partial charge is 0.303 e. The number of nitrogens with one attached hydrogen (secondary N) is 1. The monoisotopic (exact) mass is 345 g/mol. The van der Waals surface area contributed by atoms with Crippen molar-refractivity contribution in [3.63, 3.8) is 0 Å². The molecule has 0 unspecified atom stereocenters. The second-order valence-electron chi connectivity index (χ2n) is 6.36. The number of nitrogen functional groups attached to an aromatic ring is 1. The highest BCUT2D eigenvalue weighted by atomic mass is 19.1. The van der Waals surface area contributed by atoms with Gasteiger partial charge in [-0.05, 0) is 26.3 Å². The normalized spacial score (nSPS) is 11.8. The summed E-state index contributed by atoms with van der Waals surface area (Å²) in [5.41, 5.74) is 6.34. The summed E-state index contributed by atoms with van der Waals surface area (Å²) in [4.78, 5) is 19.3. The highest BCUT2D eigenvalue weighted by molar-refractivity contribution is 5.88. The van der Waals surface area contributed by atoms with E-state index in [0.717, 1.165) is 6.20 Å². The Balaban J connectivity index is 2.18. The van der Waals surface area contributed by atoms with Crippen LogP contribution in [0.5, 0.6) is 0 Å². The van der Waals surface area contributed by atoms with Crippen LogP contribution in [-0.2, 0) is 10.3 Å². The number of hydrogen-bond donors (Lipinski definition) is 3. The van der Waals surface area contributed by atoms with Crippen molar-refractivity contribution in [3.05, 3.63) is 30.3 Å². The van der Waals surface area contributed by atoms with Crippen LogP contribution in [0.2, 0.25) is 0 Å². The Kier molecular flexibility index (Phi) is 4.07. The van der Waals surface area contributed by atoms with E-state index in [1.54, 1.807) is 10.6 Å². The number of carboxylic acid groups (broad SMARTS) is 1. The molecule has 3 heterocycles. The lowest BCUT2D eigenvalue weighted by Gasteiger charge is -2.26. The summed E-state index contributed by atoms with van der Waals surface area (Å²) in [6, 6.07) is 2.95. The number of carbonyl (C=O) groups is 1. The number of pyridine rings is 1. The van der Waals surface area contributed by atoms with Crippen LogP contribution in [0.25, 0.3) is 22.6 Å². The van der Waals surface area contributed by atoms with Gasteiger partial charge in [-0.2, -0.15) is 5.10 Å². The molecule has 4 N–H and O–H groups in total. The van der Waals surface area contributed by atoms with Gasteiger partial charge in [-0.1, -0.05) is 0 Å². The van der Waals surface area contributed by atoms with Crippen LogP contribution in [0, 0.1) is 5.82 Å². The van der Waals surface area contributed by atoms with Crippen molar-refractivity contribution in [3.8, 4) is 11.5 Å². The molecule has 3 aromatic heterocycles. The zero-order valence-corrected chi connectivity index (χ0v) is 13.8. The Morgan fingerprint density at radius 2 is 2.20 bits per heavy atom. The van der Waals surface area contributed by atoms with Gasteiger partial charge in [-0.25, -0.2) is 13.9 Å². The number of anilines is 1. The predicted octanol–water partition coefficient (Wildman–Crippen LogP) is 1.63. The Labute approximate surface area is 142 Å². The Morgan fingerprint density at radius 1 is 1.44 bits per heavy atom. The molecule has 0 aliphatic carbocycles. The number of halogens is 1. The van der Waals surface area contributed by atoms with E-state index in [-0.39, 0.29) is 6.42 Å². The lowest BCUT2D eigenvalue weighted by molar-refractivity contribution is -0.738. The molecule has 25 heavy (non-hydrogen) atoms. The van der Waals surface area contributed by atoms with Gasteiger partial charge in [0.1, 0.15) is 17.7 Å². The highest BCUT2D eigenvalue weighted by Gasteiger charge is 2.32. The fourth-order valence-electron chi connectivity index (χ4n) is 2.82. The molecular weight excluding hydrogens is 327 g/mol. The van der Waals surface area contributed by atoms with Crippen LogP contribution in [0.1, 0.15) is 26.7 Å². The van der Waals surface area contributed by atoms with E-state index >= 15 is 0 Å². The number of rotatable bonds is 5. The number of aliphatic carboxylic acids is 1. The molecule has 0 fully saturated rings. The third-order valence-electron chi connectivity index (χ3n) is 4.07. The number of aromatic nitrogens is 5. The number of carboxylic acids is 1. The predicted molar refractivity (Wildman–Crippen MR) is 87.9 cm³/mol. The molecule has 0 saturated heterocycles. The van der Waals surface area contributed by atoms with Gasteiger partial charge < -0.3 is 10.8 Å². The fourth-order valence-corrected chi connectivity index (χ4v) is 2.82. The maximum atomic E-state index is 13.6. The summed E-state index contributed by atoms with van der Waals surface area (Å²) in [5.74, 6) is -0.538. The molecule has 3 rings (SSSR count). The first-order chi connectivity index (χ1) is 11.8. The molecule has 3 aromatic rings. The Morgan fingerprint density at radius 3 is 2.92 bits per heavy atom. The van der Waals surface area contributed by atoms with Gasteiger partial charge in [0.25, 0.3) is 5.82 Å². The summed E-state index contributed by atoms with van der Waals surface area (Å²) in [7, 11) is 0. The third-order valence-corrected chi connectivity index (χ3v) is 4.07. The first-order valence-corrected chi connectivity index (χ1v) is 7.68. The first kappa shape index (κ1) is 16.7. The van der Waals surface area contributed by atoms with E-state index < -0.39 is 17.3 Å². The molecule has 0 amide bonds. The highest BCUT2D eigenvalue weighted by Crippen LogP contribution is 2.26. The number of nitrogens with zero attached hydrogens (tertiary/aromatic N) is 4. The van der Waals surface area contributed by atoms with Crippen LogP contribution >= 0.6 is 0 Å². The van der Waals surface area contributed by atoms with Crippen LogP contribution < -0.4 is 10.3 Å². The minimum absolute atomic E-state index is 0.0202. The topological polar surface area (TPSA) is 122 Å². The van der Waals surface area contributed by atoms with Gasteiger partial charge in [0.15, 0.2) is 5.65 Å². The largest absolute Gasteiger partial charge is 0.481 e. The van der Waals surface area contributed by atoms with Crippen molar-refractivity contribution >= 4 is 22.8 Å². The van der Waals surface area contributed by atoms with Gasteiger partial charge in [-0.3, -0.25) is 9.89 Å². The molecule has 0 aliphatic rings. The molecule has 130 valence electrons. The molecular formula is C16H18FN6O2+. The quantitative estimate of drug-likeness (QED) is 0.604. The van der Waals surface area contributed by atoms with Crippen LogP contribution in [0.15, 0.2) is 24.5 Å². The number of hydrogen-bond acceptors (Lipinski definition) is 5. The number of H-pyrrole nitrogens is 1. The molecule has 0 spiro atoms. The van der Waals surface area contributed by atoms with E-state index in [4.69, 9.17) is 10.8 Å². The second kappa shape index (κ2) is 6.08. The summed E-state index contributed by atoms with van der Waals surface area (Å²) < 4.78 is 15.3. The first-order valence-electron chi connectivity index (χ1n) is 7.68. The Bertz CT molecular complexity index is 953. The summed E-state index contributed by atoms with van der Waals surface area (Å²) in [5, 5.41) is 16.4. The van der Waals surface area contributed by atoms with Crippen LogP contribution in [-0.4, -0.2) is 31.2 Å². The summed E-state index contributed by atoms with van der Waals surface area (Å²) in [6.07, 6.45) is 2.95. The molecule has 0 saturated carbocycles. The lowest BCUT2D eigenvalue weighted by atomic mass is 9.97. The average Bonchev–Trinajstić information content (AvgIpc) is 2.95. The number of nitrogens with two attached hydrogens (primary N) is 1. The van der Waals surface area contributed by atoms with Gasteiger partial charge in [0, 0.05) is 12.5 Å². The molecule has 0 bridgehead atoms. The van der Waals surface area contributed by atoms with Crippen molar-refractivity contribution in [1.82, 2.24) is 20.2 Å². The average molecular weight is 345 g/mol.